The molecule has 1 spiro atoms. The van der Waals surface area contributed by atoms with E-state index in [0.717, 1.165) is 32.1 Å². The van der Waals surface area contributed by atoms with Crippen LogP contribution in [0.25, 0.3) is 0 Å². The predicted octanol–water partition coefficient (Wildman–Crippen LogP) is 5.40. The molecule has 5 aliphatic carbocycles. The van der Waals surface area contributed by atoms with Crippen LogP contribution in [0.15, 0.2) is 35.9 Å². The van der Waals surface area contributed by atoms with Gasteiger partial charge in [0.05, 0.1) is 28.5 Å². The number of fused-ring (bicyclic) bond motifs is 1. The summed E-state index contributed by atoms with van der Waals surface area (Å²) in [6.45, 7) is 8.51. The fourth-order valence-corrected chi connectivity index (χ4v) is 9.97. The molecule has 0 radical (unpaired) electrons. The normalized spacial score (nSPS) is 41.4. The van der Waals surface area contributed by atoms with Gasteiger partial charge in [-0.25, -0.2) is 4.79 Å². The van der Waals surface area contributed by atoms with Crippen LogP contribution in [0.3, 0.4) is 0 Å². The minimum absolute atomic E-state index is 0.0393. The summed E-state index contributed by atoms with van der Waals surface area (Å²) < 4.78 is 0. The van der Waals surface area contributed by atoms with E-state index in [4.69, 9.17) is 0 Å². The molecule has 1 aromatic carbocycles. The molecule has 2 amide bonds. The molecule has 2 N–H and O–H groups in total. The maximum Gasteiger partial charge on any atom is 0.335 e. The zero-order valence-corrected chi connectivity index (χ0v) is 22.6. The lowest BCUT2D eigenvalue weighted by molar-refractivity contribution is -0.194. The monoisotopic (exact) mass is 519 g/mol. The molecule has 1 aromatic rings. The van der Waals surface area contributed by atoms with Gasteiger partial charge in [-0.1, -0.05) is 38.8 Å². The molecular formula is C31H37NO6. The van der Waals surface area contributed by atoms with Crippen molar-refractivity contribution in [2.45, 2.75) is 66.2 Å². The Morgan fingerprint density at radius 1 is 0.974 bits per heavy atom. The molecule has 1 saturated heterocycles. The van der Waals surface area contributed by atoms with E-state index in [0.29, 0.717) is 12.1 Å². The Hall–Kier alpha value is -2.96. The number of allylic oxidation sites excluding steroid dienone is 2. The van der Waals surface area contributed by atoms with Gasteiger partial charge in [0.15, 0.2) is 0 Å². The third kappa shape index (κ3) is 3.02. The van der Waals surface area contributed by atoms with Gasteiger partial charge in [0.2, 0.25) is 11.8 Å². The Morgan fingerprint density at radius 3 is 2.26 bits per heavy atom. The van der Waals surface area contributed by atoms with Crippen molar-refractivity contribution >= 4 is 29.4 Å². The third-order valence-electron chi connectivity index (χ3n) is 11.5. The summed E-state index contributed by atoms with van der Waals surface area (Å²) in [5, 5.41) is 19.6. The molecule has 0 aromatic heterocycles. The minimum atomic E-state index is -1.05. The van der Waals surface area contributed by atoms with Crippen molar-refractivity contribution in [3.8, 4) is 0 Å². The van der Waals surface area contributed by atoms with Gasteiger partial charge < -0.3 is 10.2 Å². The van der Waals surface area contributed by atoms with Crippen LogP contribution in [0.2, 0.25) is 0 Å². The van der Waals surface area contributed by atoms with Crippen LogP contribution >= 0.6 is 0 Å². The summed E-state index contributed by atoms with van der Waals surface area (Å²) in [5.41, 5.74) is 0.343. The number of benzene rings is 1. The Labute approximate surface area is 223 Å². The zero-order chi connectivity index (χ0) is 27.4. The van der Waals surface area contributed by atoms with Crippen LogP contribution in [0.1, 0.15) is 76.6 Å². The number of nitrogens with zero attached hydrogens (tertiary/aromatic N) is 1. The van der Waals surface area contributed by atoms with Crippen molar-refractivity contribution in [3.05, 3.63) is 41.5 Å². The van der Waals surface area contributed by atoms with Crippen molar-refractivity contribution in [1.29, 1.82) is 0 Å². The lowest BCUT2D eigenvalue weighted by Crippen LogP contribution is -2.65. The minimum Gasteiger partial charge on any atom is -0.481 e. The average Bonchev–Trinajstić information content (AvgIpc) is 3.15. The van der Waals surface area contributed by atoms with Gasteiger partial charge in [0, 0.05) is 5.41 Å². The average molecular weight is 520 g/mol. The number of anilines is 1. The molecule has 1 aliphatic heterocycles. The number of amides is 2. The summed E-state index contributed by atoms with van der Waals surface area (Å²) >= 11 is 0. The number of aromatic carboxylic acids is 1. The van der Waals surface area contributed by atoms with Crippen LogP contribution in [-0.2, 0) is 14.4 Å². The van der Waals surface area contributed by atoms with Crippen molar-refractivity contribution < 1.29 is 29.4 Å². The van der Waals surface area contributed by atoms with Crippen molar-refractivity contribution in [2.24, 2.45) is 51.8 Å². The van der Waals surface area contributed by atoms with E-state index in [1.165, 1.54) is 22.6 Å². The highest BCUT2D eigenvalue weighted by Gasteiger charge is 2.73. The molecule has 0 unspecified atom stereocenters. The van der Waals surface area contributed by atoms with E-state index in [1.54, 1.807) is 12.1 Å². The number of carboxylic acids is 2. The van der Waals surface area contributed by atoms with Crippen LogP contribution < -0.4 is 4.90 Å². The molecule has 4 fully saturated rings. The summed E-state index contributed by atoms with van der Waals surface area (Å²) in [4.78, 5) is 53.5. The van der Waals surface area contributed by atoms with E-state index in [9.17, 15) is 29.4 Å². The van der Waals surface area contributed by atoms with Gasteiger partial charge in [-0.3, -0.25) is 19.3 Å². The van der Waals surface area contributed by atoms with E-state index >= 15 is 0 Å². The number of aliphatic carboxylic acids is 1. The molecule has 6 aliphatic rings. The van der Waals surface area contributed by atoms with Crippen LogP contribution in [-0.4, -0.2) is 34.0 Å². The highest BCUT2D eigenvalue weighted by Crippen LogP contribution is 2.74. The molecular weight excluding hydrogens is 482 g/mol. The molecule has 8 atom stereocenters. The second-order valence-electron chi connectivity index (χ2n) is 13.3. The number of hydrogen-bond acceptors (Lipinski definition) is 4. The largest absolute Gasteiger partial charge is 0.481 e. The second kappa shape index (κ2) is 8.03. The molecule has 7 heteroatoms. The van der Waals surface area contributed by atoms with Crippen LogP contribution in [0.4, 0.5) is 5.69 Å². The first-order valence-electron chi connectivity index (χ1n) is 14.0. The van der Waals surface area contributed by atoms with Crippen molar-refractivity contribution in [2.75, 3.05) is 4.90 Å². The predicted molar refractivity (Wildman–Crippen MR) is 140 cm³/mol. The fourth-order valence-electron chi connectivity index (χ4n) is 9.97. The molecule has 1 heterocycles. The first-order chi connectivity index (χ1) is 17.9. The molecule has 7 rings (SSSR count). The first kappa shape index (κ1) is 25.3. The van der Waals surface area contributed by atoms with Crippen molar-refractivity contribution in [3.63, 3.8) is 0 Å². The van der Waals surface area contributed by atoms with Crippen LogP contribution in [0, 0.1) is 51.8 Å². The quantitative estimate of drug-likeness (QED) is 0.407. The number of carbonyl (C=O) groups is 4. The van der Waals surface area contributed by atoms with Gasteiger partial charge in [0.1, 0.15) is 0 Å². The fraction of sp³-hybridized carbons (Fsp3) is 0.613. The number of rotatable bonds is 4. The Morgan fingerprint density at radius 2 is 1.66 bits per heavy atom. The first-order valence-corrected chi connectivity index (χ1v) is 14.0. The maximum atomic E-state index is 14.3. The van der Waals surface area contributed by atoms with Gasteiger partial charge in [-0.15, -0.1) is 0 Å². The highest BCUT2D eigenvalue weighted by atomic mass is 16.4. The zero-order valence-electron chi connectivity index (χ0n) is 22.6. The van der Waals surface area contributed by atoms with Gasteiger partial charge >= 0.3 is 11.9 Å². The summed E-state index contributed by atoms with van der Waals surface area (Å²) in [6.07, 6.45) is 7.13. The number of carboxylic acid groups (broad SMARTS) is 2. The lowest BCUT2D eigenvalue weighted by Gasteiger charge is -2.68. The molecule has 3 saturated carbocycles. The molecule has 2 bridgehead atoms. The van der Waals surface area contributed by atoms with Gasteiger partial charge in [0.25, 0.3) is 0 Å². The Bertz CT molecular complexity index is 1280. The molecule has 202 valence electrons. The summed E-state index contributed by atoms with van der Waals surface area (Å²) in [7, 11) is 0. The Kier molecular flexibility index (Phi) is 5.35. The SMILES string of the molecule is CC(C)C1=C[C@@]23CC[C@H]4[C@](C)(CCC[C@@]4(C)C(=O)O)[C@@H]2C[C@@H]1[C@H]1C(=O)N(c2ccc(C(=O)O)cc2)C(=O)[C@H]13. The Balaban J connectivity index is 1.46. The summed E-state index contributed by atoms with van der Waals surface area (Å²) in [6, 6.07) is 5.99. The number of imide groups is 1. The third-order valence-corrected chi connectivity index (χ3v) is 11.5. The topological polar surface area (TPSA) is 112 Å². The highest BCUT2D eigenvalue weighted by molar-refractivity contribution is 6.23. The van der Waals surface area contributed by atoms with E-state index in [1.807, 2.05) is 6.92 Å². The van der Waals surface area contributed by atoms with Gasteiger partial charge in [-0.2, -0.15) is 0 Å². The number of hydrogen-bond donors (Lipinski definition) is 2. The van der Waals surface area contributed by atoms with E-state index < -0.39 is 34.6 Å². The molecule has 7 nitrogen and oxygen atoms in total. The number of carbonyl (C=O) groups excluding carboxylic acids is 2. The standard InChI is InChI=1S/C31H37NO6/c1-16(2)20-15-31-13-10-21-29(3,11-5-12-30(21,4)28(37)38)22(31)14-19(20)23-24(31)26(34)32(25(23)33)18-8-6-17(7-9-18)27(35)36/h6-9,15-16,19,21-24H,5,10-14H2,1-4H3,(H,35,36)(H,37,38)/t19-,21-,22-,23+,24-,29-,30+,31-/m0/s1. The van der Waals surface area contributed by atoms with E-state index in [-0.39, 0.29) is 46.5 Å². The second-order valence-corrected chi connectivity index (χ2v) is 13.3. The summed E-state index contributed by atoms with van der Waals surface area (Å²) in [5.74, 6) is -2.62. The van der Waals surface area contributed by atoms with Crippen molar-refractivity contribution in [1.82, 2.24) is 0 Å². The lowest BCUT2D eigenvalue weighted by atomic mass is 9.34. The van der Waals surface area contributed by atoms with Gasteiger partial charge in [-0.05, 0) is 92.4 Å². The van der Waals surface area contributed by atoms with Crippen LogP contribution in [0.5, 0.6) is 0 Å². The molecule has 38 heavy (non-hydrogen) atoms. The van der Waals surface area contributed by atoms with E-state index in [2.05, 4.69) is 26.8 Å². The maximum absolute atomic E-state index is 14.3. The smallest absolute Gasteiger partial charge is 0.335 e.